The predicted octanol–water partition coefficient (Wildman–Crippen LogP) is 2.71. The van der Waals surface area contributed by atoms with Crippen molar-refractivity contribution in [3.63, 3.8) is 0 Å². The molecule has 7 heteroatoms. The molecule has 2 aromatic heterocycles. The number of hydrogen-bond acceptors (Lipinski definition) is 4. The van der Waals surface area contributed by atoms with E-state index in [9.17, 15) is 14.7 Å². The number of carbonyl (C=O) groups excluding carboxylic acids is 1. The van der Waals surface area contributed by atoms with E-state index in [1.165, 1.54) is 11.3 Å². The van der Waals surface area contributed by atoms with Crippen LogP contribution in [0.3, 0.4) is 0 Å². The first-order chi connectivity index (χ1) is 9.97. The van der Waals surface area contributed by atoms with Crippen LogP contribution in [0.25, 0.3) is 0 Å². The molecule has 2 aromatic rings. The van der Waals surface area contributed by atoms with Crippen LogP contribution in [0.4, 0.5) is 10.5 Å². The van der Waals surface area contributed by atoms with Crippen LogP contribution >= 0.6 is 11.3 Å². The predicted molar refractivity (Wildman–Crippen MR) is 80.6 cm³/mol. The Morgan fingerprint density at radius 2 is 2.05 bits per heavy atom. The number of urea groups is 1. The second-order valence-electron chi connectivity index (χ2n) is 4.47. The van der Waals surface area contributed by atoms with E-state index in [2.05, 4.69) is 15.6 Å². The number of anilines is 1. The van der Waals surface area contributed by atoms with Crippen molar-refractivity contribution in [2.24, 2.45) is 0 Å². The third-order valence-electron chi connectivity index (χ3n) is 2.82. The molecule has 0 aliphatic rings. The third kappa shape index (κ3) is 3.79. The molecule has 21 heavy (non-hydrogen) atoms. The zero-order chi connectivity index (χ0) is 15.4. The molecule has 0 aromatic carbocycles. The van der Waals surface area contributed by atoms with E-state index in [4.69, 9.17) is 0 Å². The van der Waals surface area contributed by atoms with Crippen molar-refractivity contribution in [2.75, 3.05) is 5.32 Å². The summed E-state index contributed by atoms with van der Waals surface area (Å²) >= 11 is 1.28. The van der Waals surface area contributed by atoms with Gasteiger partial charge in [-0.1, -0.05) is 6.07 Å². The van der Waals surface area contributed by atoms with Crippen LogP contribution in [0.2, 0.25) is 0 Å². The van der Waals surface area contributed by atoms with Gasteiger partial charge in [0.05, 0.1) is 11.4 Å². The highest BCUT2D eigenvalue weighted by Gasteiger charge is 2.23. The maximum atomic E-state index is 12.0. The summed E-state index contributed by atoms with van der Waals surface area (Å²) in [5.74, 6) is -1.11. The highest BCUT2D eigenvalue weighted by atomic mass is 32.1. The molecule has 0 radical (unpaired) electrons. The summed E-state index contributed by atoms with van der Waals surface area (Å²) < 4.78 is 0. The number of nitrogens with zero attached hydrogens (tertiary/aromatic N) is 1. The maximum Gasteiger partial charge on any atom is 0.331 e. The minimum atomic E-state index is -1.11. The number of rotatable bonds is 4. The van der Waals surface area contributed by atoms with Crippen molar-refractivity contribution < 1.29 is 14.7 Å². The molecule has 0 fully saturated rings. The lowest BCUT2D eigenvalue weighted by atomic mass is 10.2. The summed E-state index contributed by atoms with van der Waals surface area (Å²) in [6, 6.07) is 5.27. The van der Waals surface area contributed by atoms with Gasteiger partial charge in [-0.15, -0.1) is 11.3 Å². The van der Waals surface area contributed by atoms with E-state index in [1.807, 2.05) is 6.92 Å². The van der Waals surface area contributed by atoms with Crippen molar-refractivity contribution in [1.82, 2.24) is 10.3 Å². The van der Waals surface area contributed by atoms with Crippen LogP contribution in [0.5, 0.6) is 0 Å². The second kappa shape index (κ2) is 6.36. The van der Waals surface area contributed by atoms with E-state index in [0.29, 0.717) is 16.3 Å². The molecule has 1 atom stereocenters. The average Bonchev–Trinajstić information content (AvgIpc) is 2.92. The van der Waals surface area contributed by atoms with Crippen LogP contribution in [0.1, 0.15) is 22.3 Å². The number of aromatic nitrogens is 1. The Morgan fingerprint density at radius 1 is 1.29 bits per heavy atom. The van der Waals surface area contributed by atoms with Crippen molar-refractivity contribution in [1.29, 1.82) is 0 Å². The molecule has 0 saturated heterocycles. The van der Waals surface area contributed by atoms with Crippen molar-refractivity contribution in [3.05, 3.63) is 45.9 Å². The van der Waals surface area contributed by atoms with Gasteiger partial charge in [0.2, 0.25) is 0 Å². The first-order valence-electron chi connectivity index (χ1n) is 6.25. The van der Waals surface area contributed by atoms with Gasteiger partial charge in [0.25, 0.3) is 0 Å². The lowest BCUT2D eigenvalue weighted by Gasteiger charge is -2.14. The van der Waals surface area contributed by atoms with E-state index in [1.54, 1.807) is 36.6 Å². The zero-order valence-electron chi connectivity index (χ0n) is 11.6. The van der Waals surface area contributed by atoms with Crippen LogP contribution in [-0.2, 0) is 4.79 Å². The Balaban J connectivity index is 2.08. The summed E-state index contributed by atoms with van der Waals surface area (Å²) in [5.41, 5.74) is 2.07. The topological polar surface area (TPSA) is 91.3 Å². The summed E-state index contributed by atoms with van der Waals surface area (Å²) in [5, 5.41) is 16.0. The number of carboxylic acid groups (broad SMARTS) is 1. The fourth-order valence-electron chi connectivity index (χ4n) is 1.82. The summed E-state index contributed by atoms with van der Waals surface area (Å²) in [6.45, 7) is 3.63. The summed E-state index contributed by atoms with van der Waals surface area (Å²) in [4.78, 5) is 28.0. The molecule has 0 spiro atoms. The number of carbonyl (C=O) groups is 2. The number of hydrogen-bond donors (Lipinski definition) is 3. The average molecular weight is 305 g/mol. The van der Waals surface area contributed by atoms with E-state index < -0.39 is 18.0 Å². The number of aliphatic carboxylic acids is 1. The van der Waals surface area contributed by atoms with E-state index in [0.717, 1.165) is 5.69 Å². The van der Waals surface area contributed by atoms with Crippen LogP contribution in [0.15, 0.2) is 29.6 Å². The normalized spacial score (nSPS) is 11.7. The lowest BCUT2D eigenvalue weighted by molar-refractivity contribution is -0.139. The Kier molecular flexibility index (Phi) is 4.54. The van der Waals surface area contributed by atoms with Crippen LogP contribution in [-0.4, -0.2) is 22.1 Å². The molecule has 0 aliphatic heterocycles. The monoisotopic (exact) mass is 305 g/mol. The summed E-state index contributed by atoms with van der Waals surface area (Å²) in [6.07, 6.45) is 0. The van der Waals surface area contributed by atoms with Crippen LogP contribution < -0.4 is 10.6 Å². The lowest BCUT2D eigenvalue weighted by Crippen LogP contribution is -2.36. The molecule has 6 nitrogen and oxygen atoms in total. The molecule has 2 amide bonds. The number of thiophene rings is 1. The van der Waals surface area contributed by atoms with Crippen LogP contribution in [0, 0.1) is 13.8 Å². The first-order valence-corrected chi connectivity index (χ1v) is 7.13. The van der Waals surface area contributed by atoms with E-state index in [-0.39, 0.29) is 0 Å². The number of aryl methyl sites for hydroxylation is 2. The minimum absolute atomic E-state index is 0.549. The molecule has 2 rings (SSSR count). The molecule has 0 bridgehead atoms. The van der Waals surface area contributed by atoms with Gasteiger partial charge in [-0.25, -0.2) is 9.59 Å². The van der Waals surface area contributed by atoms with Gasteiger partial charge in [0.15, 0.2) is 6.04 Å². The largest absolute Gasteiger partial charge is 0.479 e. The smallest absolute Gasteiger partial charge is 0.331 e. The van der Waals surface area contributed by atoms with Crippen molar-refractivity contribution in [2.45, 2.75) is 19.9 Å². The van der Waals surface area contributed by atoms with Crippen molar-refractivity contribution in [3.8, 4) is 0 Å². The number of carboxylic acids is 1. The SMILES string of the molecule is Cc1ccc(NC(=O)NC(C(=O)O)c2cccs2)c(C)n1. The molecular formula is C14H15N3O3S. The third-order valence-corrected chi connectivity index (χ3v) is 3.76. The van der Waals surface area contributed by atoms with Gasteiger partial charge >= 0.3 is 12.0 Å². The second-order valence-corrected chi connectivity index (χ2v) is 5.45. The number of pyridine rings is 1. The van der Waals surface area contributed by atoms with Gasteiger partial charge in [0, 0.05) is 10.6 Å². The summed E-state index contributed by atoms with van der Waals surface area (Å²) in [7, 11) is 0. The minimum Gasteiger partial charge on any atom is -0.479 e. The van der Waals surface area contributed by atoms with Gasteiger partial charge in [-0.05, 0) is 37.4 Å². The molecule has 1 unspecified atom stereocenters. The maximum absolute atomic E-state index is 12.0. The first kappa shape index (κ1) is 15.0. The Labute approximate surface area is 125 Å². The quantitative estimate of drug-likeness (QED) is 0.810. The fourth-order valence-corrected chi connectivity index (χ4v) is 2.59. The highest BCUT2D eigenvalue weighted by Crippen LogP contribution is 2.19. The Hall–Kier alpha value is -2.41. The number of nitrogens with one attached hydrogen (secondary N) is 2. The van der Waals surface area contributed by atoms with E-state index >= 15 is 0 Å². The van der Waals surface area contributed by atoms with Gasteiger partial charge in [0.1, 0.15) is 0 Å². The molecule has 3 N–H and O–H groups in total. The highest BCUT2D eigenvalue weighted by molar-refractivity contribution is 7.10. The fraction of sp³-hybridized carbons (Fsp3) is 0.214. The van der Waals surface area contributed by atoms with Crippen molar-refractivity contribution >= 4 is 29.0 Å². The van der Waals surface area contributed by atoms with Gasteiger partial charge in [-0.3, -0.25) is 4.98 Å². The molecular weight excluding hydrogens is 290 g/mol. The van der Waals surface area contributed by atoms with Gasteiger partial charge < -0.3 is 15.7 Å². The Morgan fingerprint density at radius 3 is 2.62 bits per heavy atom. The molecule has 2 heterocycles. The molecule has 110 valence electrons. The zero-order valence-corrected chi connectivity index (χ0v) is 12.4. The van der Waals surface area contributed by atoms with Gasteiger partial charge in [-0.2, -0.15) is 0 Å². The standard InChI is InChI=1S/C14H15N3O3S/c1-8-5-6-10(9(2)15-8)16-14(20)17-12(13(18)19)11-4-3-7-21-11/h3-7,12H,1-2H3,(H,18,19)(H2,16,17,20). The Bertz CT molecular complexity index is 655. The molecule has 0 saturated carbocycles. The number of amides is 2. The molecule has 0 aliphatic carbocycles.